The highest BCUT2D eigenvalue weighted by molar-refractivity contribution is 7.47. The number of hydrogen-bond donors (Lipinski definition) is 0. The monoisotopic (exact) mass is 223 g/mol. The van der Waals surface area contributed by atoms with Crippen molar-refractivity contribution >= 4 is 29.0 Å². The fourth-order valence-electron chi connectivity index (χ4n) is 3.04. The van der Waals surface area contributed by atoms with Crippen LogP contribution in [0.15, 0.2) is 48.5 Å². The summed E-state index contributed by atoms with van der Waals surface area (Å²) in [5.41, 5.74) is 5.07. The Hall–Kier alpha value is -1.30. The zero-order valence-electron chi connectivity index (χ0n) is 10.4. The van der Waals surface area contributed by atoms with Crippen LogP contribution >= 0.6 is 0 Å². The molecule has 4 heteroatoms. The summed E-state index contributed by atoms with van der Waals surface area (Å²) in [5.74, 6) is 0. The molecule has 0 fully saturated rings. The number of rotatable bonds is 2. The van der Waals surface area contributed by atoms with Gasteiger partial charge >= 0.3 is 0 Å². The van der Waals surface area contributed by atoms with Crippen LogP contribution in [0, 0.1) is 0 Å². The summed E-state index contributed by atoms with van der Waals surface area (Å²) >= 11 is 0. The summed E-state index contributed by atoms with van der Waals surface area (Å²) in [6.45, 7) is 1.98. The fourth-order valence-corrected chi connectivity index (χ4v) is 3.04. The number of benzene rings is 2. The van der Waals surface area contributed by atoms with E-state index in [1.165, 1.54) is 22.3 Å². The normalized spacial score (nSPS) is 14.7. The Morgan fingerprint density at radius 3 is 1.83 bits per heavy atom. The van der Waals surface area contributed by atoms with E-state index < -0.39 is 0 Å². The summed E-state index contributed by atoms with van der Waals surface area (Å²) in [4.78, 5) is 0. The van der Waals surface area contributed by atoms with Crippen molar-refractivity contribution in [1.82, 2.24) is 0 Å². The van der Waals surface area contributed by atoms with Crippen LogP contribution in [0.5, 0.6) is 0 Å². The fraction of sp³-hybridized carbons (Fsp3) is 0.143. The first-order chi connectivity index (χ1) is 8.69. The van der Waals surface area contributed by atoms with E-state index in [4.69, 9.17) is 15.5 Å². The lowest BCUT2D eigenvalue weighted by atomic mass is 8.98. The summed E-state index contributed by atoms with van der Waals surface area (Å²) in [7, 11) is 13.6. The molecule has 79 valence electrons. The molecule has 2 aromatic carbocycles. The molecule has 0 saturated heterocycles. The van der Waals surface area contributed by atoms with Crippen molar-refractivity contribution in [2.45, 2.75) is 12.2 Å². The van der Waals surface area contributed by atoms with Crippen LogP contribution in [0.1, 0.15) is 18.1 Å². The van der Waals surface area contributed by atoms with Crippen LogP contribution in [0.3, 0.4) is 0 Å². The van der Waals surface area contributed by atoms with E-state index in [-0.39, 0.29) is 11.8 Å². The summed E-state index contributed by atoms with van der Waals surface area (Å²) < 4.78 is 0. The molecule has 0 aliphatic heterocycles. The predicted octanol–water partition coefficient (Wildman–Crippen LogP) is 1.96. The van der Waals surface area contributed by atoms with Gasteiger partial charge in [-0.25, -0.2) is 0 Å². The van der Waals surface area contributed by atoms with E-state index in [0.29, 0.717) is 0 Å². The zero-order chi connectivity index (χ0) is 12.8. The Morgan fingerprint density at radius 2 is 1.39 bits per heavy atom. The summed E-state index contributed by atoms with van der Waals surface area (Å²) in [6, 6.07) is 16.9. The standard InChI is InChI=1S/C14H11B4/c1-14(18(16)17-15)12-8-4-2-6-10(12)11-7-3-5-9-13(11)14/h2-9H,1H3. The quantitative estimate of drug-likeness (QED) is 0.682. The molecule has 0 saturated carbocycles. The van der Waals surface area contributed by atoms with Gasteiger partial charge in [0.15, 0.2) is 0 Å². The average Bonchev–Trinajstić information content (AvgIpc) is 2.70. The van der Waals surface area contributed by atoms with E-state index in [9.17, 15) is 0 Å². The molecular weight excluding hydrogens is 211 g/mol. The maximum atomic E-state index is 6.26. The third-order valence-electron chi connectivity index (χ3n) is 4.14. The molecule has 0 atom stereocenters. The van der Waals surface area contributed by atoms with Crippen LogP contribution in [0.25, 0.3) is 11.1 Å². The van der Waals surface area contributed by atoms with Gasteiger partial charge in [0.25, 0.3) is 0 Å². The van der Waals surface area contributed by atoms with Gasteiger partial charge in [-0.15, -0.1) is 0 Å². The Labute approximate surface area is 112 Å². The molecule has 18 heavy (non-hydrogen) atoms. The lowest BCUT2D eigenvalue weighted by Crippen LogP contribution is -2.46. The molecule has 5 radical (unpaired) electrons. The molecule has 0 spiro atoms. The summed E-state index contributed by atoms with van der Waals surface area (Å²) in [6.07, 6.45) is 0. The number of hydrogen-bond acceptors (Lipinski definition) is 0. The molecule has 0 nitrogen and oxygen atoms in total. The largest absolute Gasteiger partial charge is 0.0638 e. The minimum absolute atomic E-state index is 0.192. The third-order valence-corrected chi connectivity index (χ3v) is 4.14. The first-order valence-corrected chi connectivity index (χ1v) is 6.19. The van der Waals surface area contributed by atoms with Gasteiger partial charge in [-0.05, 0) is 27.6 Å². The lowest BCUT2D eigenvalue weighted by molar-refractivity contribution is 0.839. The molecule has 0 unspecified atom stereocenters. The molecule has 0 heterocycles. The Morgan fingerprint density at radius 1 is 0.944 bits per heavy atom. The highest BCUT2D eigenvalue weighted by Gasteiger charge is 2.42. The van der Waals surface area contributed by atoms with E-state index in [2.05, 4.69) is 55.5 Å². The predicted molar refractivity (Wildman–Crippen MR) is 81.3 cm³/mol. The van der Waals surface area contributed by atoms with Gasteiger partial charge in [-0.3, -0.25) is 0 Å². The molecule has 0 aromatic heterocycles. The second-order valence-electron chi connectivity index (χ2n) is 5.01. The highest BCUT2D eigenvalue weighted by Crippen LogP contribution is 2.48. The van der Waals surface area contributed by atoms with Crippen molar-refractivity contribution < 1.29 is 0 Å². The molecule has 1 aliphatic carbocycles. The van der Waals surface area contributed by atoms with Crippen LogP contribution in [-0.2, 0) is 5.31 Å². The third kappa shape index (κ3) is 1.38. The second-order valence-corrected chi connectivity index (χ2v) is 5.01. The average molecular weight is 222 g/mol. The molecule has 0 amide bonds. The van der Waals surface area contributed by atoms with Crippen LogP contribution < -0.4 is 0 Å². The molecule has 0 N–H and O–H groups in total. The molecular formula is C14H11B4. The second kappa shape index (κ2) is 4.12. The van der Waals surface area contributed by atoms with Crippen LogP contribution in [0.2, 0.25) is 0 Å². The summed E-state index contributed by atoms with van der Waals surface area (Å²) in [5, 5.41) is -0.234. The lowest BCUT2D eigenvalue weighted by Gasteiger charge is -2.33. The van der Waals surface area contributed by atoms with Gasteiger partial charge in [-0.1, -0.05) is 55.5 Å². The van der Waals surface area contributed by atoms with Crippen molar-refractivity contribution in [3.05, 3.63) is 59.7 Å². The van der Waals surface area contributed by atoms with E-state index in [1.807, 2.05) is 0 Å². The van der Waals surface area contributed by atoms with E-state index in [1.54, 1.807) is 7.06 Å². The molecule has 0 bridgehead atoms. The first-order valence-electron chi connectivity index (χ1n) is 6.19. The van der Waals surface area contributed by atoms with E-state index in [0.717, 1.165) is 0 Å². The van der Waals surface area contributed by atoms with Crippen molar-refractivity contribution in [1.29, 1.82) is 0 Å². The van der Waals surface area contributed by atoms with Gasteiger partial charge < -0.3 is 0 Å². The maximum absolute atomic E-state index is 6.26. The van der Waals surface area contributed by atoms with Crippen molar-refractivity contribution in [2.75, 3.05) is 0 Å². The first kappa shape index (κ1) is 11.8. The smallest absolute Gasteiger partial charge is 0.0619 e. The minimum Gasteiger partial charge on any atom is -0.0619 e. The highest BCUT2D eigenvalue weighted by atomic mass is 14.3. The van der Waals surface area contributed by atoms with Gasteiger partial charge in [0.05, 0.1) is 6.49 Å². The number of fused-ring (bicyclic) bond motifs is 3. The Bertz CT molecular complexity index is 548. The maximum Gasteiger partial charge on any atom is 0.0638 e. The zero-order valence-corrected chi connectivity index (χ0v) is 10.4. The molecule has 3 rings (SSSR count). The van der Waals surface area contributed by atoms with E-state index >= 15 is 0 Å². The molecule has 1 aliphatic rings. The van der Waals surface area contributed by atoms with Gasteiger partial charge in [0.1, 0.15) is 0 Å². The Balaban J connectivity index is 2.33. The van der Waals surface area contributed by atoms with Gasteiger partial charge in [0.2, 0.25) is 0 Å². The topological polar surface area (TPSA) is 0 Å². The Kier molecular flexibility index (Phi) is 2.69. The van der Waals surface area contributed by atoms with Crippen molar-refractivity contribution in [3.8, 4) is 11.1 Å². The van der Waals surface area contributed by atoms with Crippen LogP contribution in [-0.4, -0.2) is 29.0 Å². The van der Waals surface area contributed by atoms with Crippen molar-refractivity contribution in [3.63, 3.8) is 0 Å². The van der Waals surface area contributed by atoms with Crippen molar-refractivity contribution in [2.24, 2.45) is 0 Å². The minimum atomic E-state index is -0.234. The molecule has 2 aromatic rings. The van der Waals surface area contributed by atoms with Crippen LogP contribution in [0.4, 0.5) is 0 Å². The SMILES string of the molecule is [B][B]B([B])C1(C)c2ccccc2-c2ccccc21. The van der Waals surface area contributed by atoms with Gasteiger partial charge in [-0.2, -0.15) is 0 Å². The van der Waals surface area contributed by atoms with Gasteiger partial charge in [0, 0.05) is 22.5 Å².